The van der Waals surface area contributed by atoms with Gasteiger partial charge in [0.15, 0.2) is 6.61 Å². The van der Waals surface area contributed by atoms with Crippen molar-refractivity contribution < 1.29 is 28.7 Å². The lowest BCUT2D eigenvalue weighted by Crippen LogP contribution is -2.40. The largest absolute Gasteiger partial charge is 0.497 e. The average molecular weight is 436 g/mol. The molecule has 2 aromatic rings. The summed E-state index contributed by atoms with van der Waals surface area (Å²) in [5.41, 5.74) is 1.16. The minimum absolute atomic E-state index is 0.0896. The Balaban J connectivity index is 1.38. The quantitative estimate of drug-likeness (QED) is 0.550. The Bertz CT molecular complexity index is 1060. The highest BCUT2D eigenvalue weighted by Gasteiger charge is 2.40. The van der Waals surface area contributed by atoms with Crippen molar-refractivity contribution in [3.8, 4) is 5.75 Å². The van der Waals surface area contributed by atoms with Gasteiger partial charge in [0.2, 0.25) is 0 Å². The van der Waals surface area contributed by atoms with E-state index in [9.17, 15) is 19.2 Å². The molecule has 0 saturated heterocycles. The molecule has 2 aromatic carbocycles. The molecule has 1 N–H and O–H groups in total. The monoisotopic (exact) mass is 436 g/mol. The number of nitrogens with one attached hydrogen (secondary N) is 1. The van der Waals surface area contributed by atoms with E-state index >= 15 is 0 Å². The molecule has 3 amide bonds. The number of hydrogen-bond acceptors (Lipinski definition) is 6. The molecular weight excluding hydrogens is 412 g/mol. The van der Waals surface area contributed by atoms with E-state index in [4.69, 9.17) is 9.47 Å². The fourth-order valence-electron chi connectivity index (χ4n) is 4.14. The van der Waals surface area contributed by atoms with Crippen molar-refractivity contribution in [1.29, 1.82) is 0 Å². The molecule has 0 spiro atoms. The third-order valence-electron chi connectivity index (χ3n) is 5.80. The van der Waals surface area contributed by atoms with Gasteiger partial charge in [0.1, 0.15) is 5.75 Å². The van der Waals surface area contributed by atoms with Gasteiger partial charge in [0.25, 0.3) is 17.7 Å². The Labute approximate surface area is 185 Å². The first-order valence-electron chi connectivity index (χ1n) is 10.6. The number of fused-ring (bicyclic) bond motifs is 1. The number of amides is 3. The van der Waals surface area contributed by atoms with Gasteiger partial charge in [0.05, 0.1) is 23.8 Å². The van der Waals surface area contributed by atoms with Crippen molar-refractivity contribution in [1.82, 2.24) is 4.90 Å². The van der Waals surface area contributed by atoms with Crippen LogP contribution in [0.1, 0.15) is 63.2 Å². The number of carbonyl (C=O) groups excluding carboxylic acids is 4. The van der Waals surface area contributed by atoms with Gasteiger partial charge < -0.3 is 14.8 Å². The van der Waals surface area contributed by atoms with Gasteiger partial charge in [-0.3, -0.25) is 19.3 Å². The Kier molecular flexibility index (Phi) is 6.20. The van der Waals surface area contributed by atoms with Crippen molar-refractivity contribution in [3.63, 3.8) is 0 Å². The van der Waals surface area contributed by atoms with E-state index in [-0.39, 0.29) is 29.0 Å². The average Bonchev–Trinajstić information content (AvgIpc) is 3.08. The van der Waals surface area contributed by atoms with Crippen LogP contribution in [0.3, 0.4) is 0 Å². The van der Waals surface area contributed by atoms with Crippen molar-refractivity contribution in [2.45, 2.75) is 38.1 Å². The molecule has 166 valence electrons. The number of benzene rings is 2. The lowest BCUT2D eigenvalue weighted by molar-refractivity contribution is -0.119. The highest BCUT2D eigenvalue weighted by Crippen LogP contribution is 2.31. The van der Waals surface area contributed by atoms with Crippen LogP contribution in [0.25, 0.3) is 0 Å². The molecule has 8 nitrogen and oxygen atoms in total. The lowest BCUT2D eigenvalue weighted by atomic mass is 9.94. The predicted octanol–water partition coefficient (Wildman–Crippen LogP) is 3.42. The van der Waals surface area contributed by atoms with Crippen LogP contribution in [0.15, 0.2) is 42.5 Å². The first-order chi connectivity index (χ1) is 15.5. The summed E-state index contributed by atoms with van der Waals surface area (Å²) in [5.74, 6) is -1.27. The highest BCUT2D eigenvalue weighted by molar-refractivity contribution is 6.22. The van der Waals surface area contributed by atoms with Crippen LogP contribution >= 0.6 is 0 Å². The maximum Gasteiger partial charge on any atom is 0.338 e. The summed E-state index contributed by atoms with van der Waals surface area (Å²) >= 11 is 0. The number of anilines is 1. The number of methoxy groups -OCH3 is 1. The third-order valence-corrected chi connectivity index (χ3v) is 5.80. The summed E-state index contributed by atoms with van der Waals surface area (Å²) < 4.78 is 10.1. The van der Waals surface area contributed by atoms with Crippen molar-refractivity contribution in [2.75, 3.05) is 19.0 Å². The summed E-state index contributed by atoms with van der Waals surface area (Å²) in [6.07, 6.45) is 4.72. The molecule has 32 heavy (non-hydrogen) atoms. The second kappa shape index (κ2) is 9.21. The highest BCUT2D eigenvalue weighted by atomic mass is 16.5. The Morgan fingerprint density at radius 1 is 0.969 bits per heavy atom. The van der Waals surface area contributed by atoms with Gasteiger partial charge in [0, 0.05) is 11.7 Å². The topological polar surface area (TPSA) is 102 Å². The summed E-state index contributed by atoms with van der Waals surface area (Å²) in [7, 11) is 1.54. The normalized spacial score (nSPS) is 16.0. The lowest BCUT2D eigenvalue weighted by Gasteiger charge is -2.29. The van der Waals surface area contributed by atoms with E-state index in [1.807, 2.05) is 0 Å². The van der Waals surface area contributed by atoms with Gasteiger partial charge in [-0.2, -0.15) is 0 Å². The SMILES string of the molecule is COc1ccc(NC(=O)COC(=O)c2ccc3c(c2)C(=O)N(C2CCCCC2)C3=O)cc1. The molecule has 1 fully saturated rings. The van der Waals surface area contributed by atoms with Crippen molar-refractivity contribution >= 4 is 29.4 Å². The van der Waals surface area contributed by atoms with E-state index in [0.29, 0.717) is 17.0 Å². The molecule has 0 bridgehead atoms. The zero-order valence-electron chi connectivity index (χ0n) is 17.8. The molecule has 0 aromatic heterocycles. The number of rotatable bonds is 6. The molecule has 1 aliphatic carbocycles. The van der Waals surface area contributed by atoms with Crippen molar-refractivity contribution in [2.24, 2.45) is 0 Å². The molecule has 1 aliphatic heterocycles. The summed E-state index contributed by atoms with van der Waals surface area (Å²) in [6, 6.07) is 10.9. The van der Waals surface area contributed by atoms with Gasteiger partial charge in [-0.15, -0.1) is 0 Å². The number of esters is 1. The van der Waals surface area contributed by atoms with E-state index in [1.54, 1.807) is 31.4 Å². The Morgan fingerprint density at radius 3 is 2.34 bits per heavy atom. The smallest absolute Gasteiger partial charge is 0.338 e. The Hall–Kier alpha value is -3.68. The molecule has 4 rings (SSSR count). The van der Waals surface area contributed by atoms with Gasteiger partial charge in [-0.25, -0.2) is 4.79 Å². The number of ether oxygens (including phenoxy) is 2. The molecule has 0 radical (unpaired) electrons. The van der Waals surface area contributed by atoms with E-state index in [0.717, 1.165) is 32.1 Å². The summed E-state index contributed by atoms with van der Waals surface area (Å²) in [6.45, 7) is -0.483. The second-order valence-electron chi connectivity index (χ2n) is 7.89. The Morgan fingerprint density at radius 2 is 1.66 bits per heavy atom. The molecule has 8 heteroatoms. The first-order valence-corrected chi connectivity index (χ1v) is 10.6. The summed E-state index contributed by atoms with van der Waals surface area (Å²) in [4.78, 5) is 51.5. The van der Waals surface area contributed by atoms with E-state index in [1.165, 1.54) is 23.1 Å². The first kappa shape index (κ1) is 21.5. The predicted molar refractivity (Wildman–Crippen MR) is 116 cm³/mol. The van der Waals surface area contributed by atoms with Crippen LogP contribution in [-0.2, 0) is 9.53 Å². The van der Waals surface area contributed by atoms with Gasteiger partial charge in [-0.1, -0.05) is 19.3 Å². The number of imide groups is 1. The zero-order valence-corrected chi connectivity index (χ0v) is 17.8. The van der Waals surface area contributed by atoms with Crippen LogP contribution in [0.2, 0.25) is 0 Å². The maximum absolute atomic E-state index is 12.9. The maximum atomic E-state index is 12.9. The number of hydrogen-bond donors (Lipinski definition) is 1. The fraction of sp³-hybridized carbons (Fsp3) is 0.333. The third kappa shape index (κ3) is 4.34. The zero-order chi connectivity index (χ0) is 22.7. The van der Waals surface area contributed by atoms with Crippen LogP contribution in [0.4, 0.5) is 5.69 Å². The van der Waals surface area contributed by atoms with Crippen LogP contribution in [0.5, 0.6) is 5.75 Å². The number of carbonyl (C=O) groups is 4. The summed E-state index contributed by atoms with van der Waals surface area (Å²) in [5, 5.41) is 2.62. The number of nitrogens with zero attached hydrogens (tertiary/aromatic N) is 1. The van der Waals surface area contributed by atoms with Crippen LogP contribution in [-0.4, -0.2) is 48.3 Å². The molecule has 0 atom stereocenters. The molecule has 1 saturated carbocycles. The fourth-order valence-corrected chi connectivity index (χ4v) is 4.14. The van der Waals surface area contributed by atoms with Crippen LogP contribution in [0, 0.1) is 0 Å². The standard InChI is InChI=1S/C24H24N2O6/c1-31-18-10-8-16(9-11-18)25-21(27)14-32-24(30)15-7-12-19-20(13-15)23(29)26(22(19)28)17-5-3-2-4-6-17/h7-13,17H,2-6,14H2,1H3,(H,25,27). The van der Waals surface area contributed by atoms with Gasteiger partial charge in [-0.05, 0) is 55.3 Å². The molecule has 0 unspecified atom stereocenters. The van der Waals surface area contributed by atoms with Crippen molar-refractivity contribution in [3.05, 3.63) is 59.2 Å². The van der Waals surface area contributed by atoms with E-state index < -0.39 is 18.5 Å². The van der Waals surface area contributed by atoms with E-state index in [2.05, 4.69) is 5.32 Å². The second-order valence-corrected chi connectivity index (χ2v) is 7.89. The van der Waals surface area contributed by atoms with Gasteiger partial charge >= 0.3 is 5.97 Å². The minimum atomic E-state index is -0.742. The van der Waals surface area contributed by atoms with Crippen LogP contribution < -0.4 is 10.1 Å². The molecule has 1 heterocycles. The minimum Gasteiger partial charge on any atom is -0.497 e. The molecule has 2 aliphatic rings. The molecular formula is C24H24N2O6.